The van der Waals surface area contributed by atoms with Crippen LogP contribution < -0.4 is 0 Å². The molecule has 6 aromatic heterocycles. The van der Waals surface area contributed by atoms with Gasteiger partial charge in [-0.2, -0.15) is 12.1 Å². The molecule has 6 heterocycles. The third-order valence-corrected chi connectivity index (χ3v) is 4.44. The second-order valence-electron chi connectivity index (χ2n) is 6.81. The molecule has 0 saturated heterocycles. The molecule has 12 nitrogen and oxygen atoms in total. The van der Waals surface area contributed by atoms with Crippen LogP contribution in [0.25, 0.3) is 46.1 Å². The molecular weight excluding hydrogens is 545 g/mol. The number of rotatable bonds is 4. The van der Waals surface area contributed by atoms with Crippen molar-refractivity contribution in [2.24, 2.45) is 0 Å². The summed E-state index contributed by atoms with van der Waals surface area (Å²) in [5, 5.41) is 31.9. The summed E-state index contributed by atoms with van der Waals surface area (Å²) >= 11 is 0. The van der Waals surface area contributed by atoms with Gasteiger partial charge in [0.2, 0.25) is 23.3 Å². The van der Waals surface area contributed by atoms with Crippen molar-refractivity contribution in [3.05, 3.63) is 97.6 Å². The van der Waals surface area contributed by atoms with Crippen molar-refractivity contribution in [2.75, 3.05) is 0 Å². The van der Waals surface area contributed by atoms with Gasteiger partial charge in [-0.25, -0.2) is 24.3 Å². The van der Waals surface area contributed by atoms with Crippen LogP contribution in [-0.4, -0.2) is 60.7 Å². The number of aromatic nitrogens is 12. The van der Waals surface area contributed by atoms with E-state index in [0.717, 1.165) is 0 Å². The molecule has 0 aliphatic rings. The Morgan fingerprint density at radius 2 is 0.757 bits per heavy atom. The molecular formula is C24H14N12Y-2. The molecule has 6 rings (SSSR count). The molecule has 0 bridgehead atoms. The van der Waals surface area contributed by atoms with Crippen LogP contribution in [0.1, 0.15) is 0 Å². The van der Waals surface area contributed by atoms with Gasteiger partial charge >= 0.3 is 0 Å². The first-order chi connectivity index (χ1) is 17.9. The fourth-order valence-electron chi connectivity index (χ4n) is 2.76. The van der Waals surface area contributed by atoms with Gasteiger partial charge in [0.1, 0.15) is 11.4 Å². The molecule has 6 aromatic rings. The Bertz CT molecular complexity index is 1260. The maximum absolute atomic E-state index is 4.13. The zero-order chi connectivity index (χ0) is 24.4. The molecule has 0 aromatic carbocycles. The maximum atomic E-state index is 4.13. The Labute approximate surface area is 236 Å². The Morgan fingerprint density at radius 1 is 0.405 bits per heavy atom. The Morgan fingerprint density at radius 3 is 1.03 bits per heavy atom. The summed E-state index contributed by atoms with van der Waals surface area (Å²) in [5.41, 5.74) is 2.50. The minimum atomic E-state index is 0. The van der Waals surface area contributed by atoms with Gasteiger partial charge in [-0.3, -0.25) is 19.9 Å². The predicted octanol–water partition coefficient (Wildman–Crippen LogP) is 2.38. The third kappa shape index (κ3) is 6.84. The summed E-state index contributed by atoms with van der Waals surface area (Å²) in [5.74, 6) is 1.54. The van der Waals surface area contributed by atoms with Crippen LogP contribution in [-0.2, 0) is 32.7 Å². The van der Waals surface area contributed by atoms with E-state index in [1.165, 1.54) is 0 Å². The summed E-state index contributed by atoms with van der Waals surface area (Å²) in [6.45, 7) is 0. The minimum Gasteiger partial charge on any atom is -0.292 e. The van der Waals surface area contributed by atoms with E-state index < -0.39 is 0 Å². The van der Waals surface area contributed by atoms with E-state index in [4.69, 9.17) is 0 Å². The number of hydrogen-bond donors (Lipinski definition) is 0. The molecule has 1 radical (unpaired) electrons. The van der Waals surface area contributed by atoms with E-state index in [1.54, 1.807) is 61.2 Å². The van der Waals surface area contributed by atoms with E-state index in [-0.39, 0.29) is 32.7 Å². The van der Waals surface area contributed by atoms with E-state index in [1.807, 2.05) is 24.3 Å². The number of nitrogens with zero attached hydrogens (tertiary/aromatic N) is 12. The quantitative estimate of drug-likeness (QED) is 0.291. The first kappa shape index (κ1) is 25.7. The summed E-state index contributed by atoms with van der Waals surface area (Å²) in [4.78, 5) is 16.4. The van der Waals surface area contributed by atoms with Crippen molar-refractivity contribution in [1.29, 1.82) is 0 Å². The average molecular weight is 559 g/mol. The van der Waals surface area contributed by atoms with Crippen molar-refractivity contribution in [1.82, 2.24) is 60.7 Å². The van der Waals surface area contributed by atoms with Crippen LogP contribution in [0.5, 0.6) is 0 Å². The fraction of sp³-hybridized carbons (Fsp3) is 0. The van der Waals surface area contributed by atoms with Crippen molar-refractivity contribution in [2.45, 2.75) is 0 Å². The van der Waals surface area contributed by atoms with Gasteiger partial charge in [-0.15, -0.1) is 40.8 Å². The van der Waals surface area contributed by atoms with Gasteiger partial charge in [0.05, 0.1) is 0 Å². The Hall–Kier alpha value is -4.42. The molecule has 175 valence electrons. The number of hydrogen-bond acceptors (Lipinski definition) is 12. The zero-order valence-corrected chi connectivity index (χ0v) is 21.9. The van der Waals surface area contributed by atoms with E-state index in [2.05, 4.69) is 72.9 Å². The molecule has 0 fully saturated rings. The molecule has 37 heavy (non-hydrogen) atoms. The van der Waals surface area contributed by atoms with Gasteiger partial charge in [0.15, 0.2) is 0 Å². The summed E-state index contributed by atoms with van der Waals surface area (Å²) in [6.07, 6.45) is 6.43. The topological polar surface area (TPSA) is 155 Å². The van der Waals surface area contributed by atoms with Crippen LogP contribution in [0.15, 0.2) is 85.5 Å². The van der Waals surface area contributed by atoms with Crippen LogP contribution in [0.3, 0.4) is 0 Å². The first-order valence-electron chi connectivity index (χ1n) is 10.5. The predicted molar refractivity (Wildman–Crippen MR) is 126 cm³/mol. The van der Waals surface area contributed by atoms with Crippen LogP contribution in [0.2, 0.25) is 0 Å². The van der Waals surface area contributed by atoms with Gasteiger partial charge in [0, 0.05) is 56.5 Å². The van der Waals surface area contributed by atoms with Crippen molar-refractivity contribution >= 4 is 0 Å². The third-order valence-electron chi connectivity index (χ3n) is 4.44. The molecule has 0 aliphatic heterocycles. The van der Waals surface area contributed by atoms with Crippen LogP contribution in [0, 0.1) is 12.1 Å². The van der Waals surface area contributed by atoms with Gasteiger partial charge in [0.25, 0.3) is 0 Å². The first-order valence-corrected chi connectivity index (χ1v) is 10.5. The van der Waals surface area contributed by atoms with Crippen molar-refractivity contribution in [3.8, 4) is 46.1 Å². The van der Waals surface area contributed by atoms with E-state index in [9.17, 15) is 0 Å². The largest absolute Gasteiger partial charge is 0.292 e. The second kappa shape index (κ2) is 13.0. The maximum Gasteiger partial charge on any atom is 0.221 e. The van der Waals surface area contributed by atoms with Gasteiger partial charge < -0.3 is 0 Å². The summed E-state index contributed by atoms with van der Waals surface area (Å²) in [7, 11) is 0. The smallest absolute Gasteiger partial charge is 0.221 e. The molecule has 0 unspecified atom stereocenters. The zero-order valence-electron chi connectivity index (χ0n) is 19.0. The molecule has 0 amide bonds. The summed E-state index contributed by atoms with van der Waals surface area (Å²) < 4.78 is 0. The van der Waals surface area contributed by atoms with Crippen molar-refractivity contribution < 1.29 is 32.7 Å². The normalized spacial score (nSPS) is 9.95. The SMILES string of the molecule is [Y].[c-]1ccc(-c2nnc(-c3ccccn3)nn2)nc1.[c-]1ccc(-c2nnc(-c3ccccn3)nn2)nc1. The van der Waals surface area contributed by atoms with Crippen LogP contribution in [0.4, 0.5) is 0 Å². The van der Waals surface area contributed by atoms with Crippen LogP contribution >= 0.6 is 0 Å². The standard InChI is InChI=1S/2C12H7N6.Y/c2*1-3-7-13-9(5-1)11-15-17-12(18-16-11)10-6-2-4-8-14-10;/h2*1-3,5-8H;/q2*-1;. The van der Waals surface area contributed by atoms with Gasteiger partial charge in [-0.1, -0.05) is 24.5 Å². The second-order valence-corrected chi connectivity index (χ2v) is 6.81. The minimum absolute atomic E-state index is 0. The number of pyridine rings is 4. The molecule has 0 N–H and O–H groups in total. The molecule has 0 saturated carbocycles. The van der Waals surface area contributed by atoms with Crippen molar-refractivity contribution in [3.63, 3.8) is 0 Å². The fourth-order valence-corrected chi connectivity index (χ4v) is 2.76. The summed E-state index contributed by atoms with van der Waals surface area (Å²) in [6, 6.07) is 23.6. The Kier molecular flexibility index (Phi) is 9.05. The van der Waals surface area contributed by atoms with E-state index >= 15 is 0 Å². The Balaban J connectivity index is 0.000000168. The average Bonchev–Trinajstić information content (AvgIpc) is 2.99. The van der Waals surface area contributed by atoms with Gasteiger partial charge in [-0.05, 0) is 24.3 Å². The molecule has 0 spiro atoms. The molecule has 0 aliphatic carbocycles. The molecule has 0 atom stereocenters. The monoisotopic (exact) mass is 559 g/mol. The van der Waals surface area contributed by atoms with E-state index in [0.29, 0.717) is 46.1 Å². The molecule has 13 heteroatoms.